The molecule has 0 heterocycles. The highest BCUT2D eigenvalue weighted by Gasteiger charge is 2.39. The van der Waals surface area contributed by atoms with Crippen molar-refractivity contribution in [2.45, 2.75) is 31.7 Å². The van der Waals surface area contributed by atoms with Gasteiger partial charge in [-0.3, -0.25) is 0 Å². The van der Waals surface area contributed by atoms with Crippen LogP contribution in [0.25, 0.3) is 0 Å². The number of urea groups is 1. The summed E-state index contributed by atoms with van der Waals surface area (Å²) in [6.07, 6.45) is 2.58. The summed E-state index contributed by atoms with van der Waals surface area (Å²) in [5.74, 6) is -0.932. The predicted octanol–water partition coefficient (Wildman–Crippen LogP) is 2.12. The normalized spacial score (nSPS) is 15.5. The molecule has 1 aromatic carbocycles. The van der Waals surface area contributed by atoms with Gasteiger partial charge in [0, 0.05) is 19.1 Å². The number of nitrogens with zero attached hydrogens (tertiary/aromatic N) is 1. The third kappa shape index (κ3) is 3.50. The second-order valence-corrected chi connectivity index (χ2v) is 5.62. The van der Waals surface area contributed by atoms with Crippen molar-refractivity contribution in [3.63, 3.8) is 0 Å². The van der Waals surface area contributed by atoms with Gasteiger partial charge in [0.25, 0.3) is 0 Å². The zero-order valence-corrected chi connectivity index (χ0v) is 11.8. The Bertz CT molecular complexity index is 524. The summed E-state index contributed by atoms with van der Waals surface area (Å²) in [5.41, 5.74) is 1.01. The largest absolute Gasteiger partial charge is 0.478 e. The van der Waals surface area contributed by atoms with Crippen molar-refractivity contribution in [2.24, 2.45) is 0 Å². The Morgan fingerprint density at radius 3 is 2.60 bits per heavy atom. The monoisotopic (exact) mass is 276 g/mol. The highest BCUT2D eigenvalue weighted by atomic mass is 16.4. The third-order valence-corrected chi connectivity index (χ3v) is 3.72. The van der Waals surface area contributed by atoms with Crippen LogP contribution in [0.4, 0.5) is 4.79 Å². The van der Waals surface area contributed by atoms with Crippen LogP contribution >= 0.6 is 0 Å². The first-order valence-electron chi connectivity index (χ1n) is 6.76. The molecule has 20 heavy (non-hydrogen) atoms. The molecule has 1 aromatic rings. The smallest absolute Gasteiger partial charge is 0.335 e. The molecule has 5 nitrogen and oxygen atoms in total. The molecule has 0 radical (unpaired) electrons. The van der Waals surface area contributed by atoms with Crippen molar-refractivity contribution < 1.29 is 14.7 Å². The average Bonchev–Trinajstić information content (AvgIpc) is 3.13. The molecule has 1 aliphatic carbocycles. The fourth-order valence-electron chi connectivity index (χ4n) is 2.00. The van der Waals surface area contributed by atoms with Gasteiger partial charge in [-0.2, -0.15) is 0 Å². The summed E-state index contributed by atoms with van der Waals surface area (Å²) >= 11 is 0. The lowest BCUT2D eigenvalue weighted by atomic mass is 10.0. The van der Waals surface area contributed by atoms with E-state index in [0.29, 0.717) is 18.5 Å². The highest BCUT2D eigenvalue weighted by molar-refractivity contribution is 5.89. The molecular weight excluding hydrogens is 256 g/mol. The van der Waals surface area contributed by atoms with Crippen molar-refractivity contribution in [3.8, 4) is 0 Å². The second kappa shape index (κ2) is 5.53. The zero-order chi connectivity index (χ0) is 14.8. The number of benzene rings is 1. The predicted molar refractivity (Wildman–Crippen MR) is 75.9 cm³/mol. The van der Waals surface area contributed by atoms with Gasteiger partial charge in [0.1, 0.15) is 0 Å². The fourth-order valence-corrected chi connectivity index (χ4v) is 2.00. The van der Waals surface area contributed by atoms with E-state index < -0.39 is 5.97 Å². The van der Waals surface area contributed by atoms with E-state index in [-0.39, 0.29) is 11.6 Å². The van der Waals surface area contributed by atoms with Crippen LogP contribution in [0.3, 0.4) is 0 Å². The van der Waals surface area contributed by atoms with Crippen LogP contribution in [0.1, 0.15) is 35.7 Å². The summed E-state index contributed by atoms with van der Waals surface area (Å²) < 4.78 is 0. The minimum atomic E-state index is -0.932. The number of carbonyl (C=O) groups is 2. The Labute approximate surface area is 118 Å². The Hall–Kier alpha value is -2.04. The van der Waals surface area contributed by atoms with Crippen molar-refractivity contribution >= 4 is 12.0 Å². The Balaban J connectivity index is 1.91. The molecule has 5 heteroatoms. The quantitative estimate of drug-likeness (QED) is 0.865. The molecule has 1 aliphatic rings. The van der Waals surface area contributed by atoms with E-state index in [2.05, 4.69) is 5.32 Å². The lowest BCUT2D eigenvalue weighted by Gasteiger charge is -2.21. The number of carbonyl (C=O) groups excluding carboxylic acids is 1. The van der Waals surface area contributed by atoms with Crippen molar-refractivity contribution in [3.05, 3.63) is 35.4 Å². The van der Waals surface area contributed by atoms with Crippen LogP contribution in [0.5, 0.6) is 0 Å². The minimum Gasteiger partial charge on any atom is -0.478 e. The van der Waals surface area contributed by atoms with Gasteiger partial charge in [0.05, 0.1) is 5.56 Å². The van der Waals surface area contributed by atoms with Gasteiger partial charge >= 0.3 is 12.0 Å². The van der Waals surface area contributed by atoms with E-state index >= 15 is 0 Å². The molecule has 2 rings (SSSR count). The van der Waals surface area contributed by atoms with Crippen LogP contribution in [-0.4, -0.2) is 41.1 Å². The van der Waals surface area contributed by atoms with E-state index in [0.717, 1.165) is 18.4 Å². The first kappa shape index (κ1) is 14.4. The standard InChI is InChI=1S/C15H20N2O3/c1-15(8-9-15)16-14(20)17(2)10-7-11-5-3-4-6-12(11)13(18)19/h3-6H,7-10H2,1-2H3,(H,16,20)(H,18,19). The summed E-state index contributed by atoms with van der Waals surface area (Å²) in [6, 6.07) is 6.79. The van der Waals surface area contributed by atoms with Gasteiger partial charge in [-0.25, -0.2) is 9.59 Å². The van der Waals surface area contributed by atoms with Crippen LogP contribution < -0.4 is 5.32 Å². The maximum atomic E-state index is 11.9. The van der Waals surface area contributed by atoms with E-state index in [1.165, 1.54) is 0 Å². The second-order valence-electron chi connectivity index (χ2n) is 5.62. The molecule has 0 aliphatic heterocycles. The number of nitrogens with one attached hydrogen (secondary N) is 1. The fraction of sp³-hybridized carbons (Fsp3) is 0.467. The van der Waals surface area contributed by atoms with Gasteiger partial charge in [-0.05, 0) is 37.8 Å². The molecule has 1 saturated carbocycles. The maximum absolute atomic E-state index is 11.9. The molecule has 0 unspecified atom stereocenters. The average molecular weight is 276 g/mol. The Morgan fingerprint density at radius 1 is 1.35 bits per heavy atom. The topological polar surface area (TPSA) is 69.6 Å². The van der Waals surface area contributed by atoms with E-state index in [9.17, 15) is 9.59 Å². The minimum absolute atomic E-state index is 0.0374. The highest BCUT2D eigenvalue weighted by Crippen LogP contribution is 2.34. The maximum Gasteiger partial charge on any atom is 0.335 e. The number of amides is 2. The lowest BCUT2D eigenvalue weighted by Crippen LogP contribution is -2.43. The van der Waals surface area contributed by atoms with Gasteiger partial charge in [-0.1, -0.05) is 18.2 Å². The summed E-state index contributed by atoms with van der Waals surface area (Å²) in [5, 5.41) is 12.1. The molecule has 0 spiro atoms. The number of hydrogen-bond donors (Lipinski definition) is 2. The molecule has 0 aromatic heterocycles. The molecule has 0 atom stereocenters. The van der Waals surface area contributed by atoms with E-state index in [4.69, 9.17) is 5.11 Å². The third-order valence-electron chi connectivity index (χ3n) is 3.72. The Morgan fingerprint density at radius 2 is 2.00 bits per heavy atom. The number of hydrogen-bond acceptors (Lipinski definition) is 2. The first-order chi connectivity index (χ1) is 9.41. The van der Waals surface area contributed by atoms with Gasteiger partial charge in [0.15, 0.2) is 0 Å². The summed E-state index contributed by atoms with van der Waals surface area (Å²) in [4.78, 5) is 24.6. The summed E-state index contributed by atoms with van der Waals surface area (Å²) in [6.45, 7) is 2.52. The Kier molecular flexibility index (Phi) is 3.97. The van der Waals surface area contributed by atoms with Crippen LogP contribution in [0.2, 0.25) is 0 Å². The first-order valence-corrected chi connectivity index (χ1v) is 6.76. The van der Waals surface area contributed by atoms with E-state index in [1.54, 1.807) is 30.1 Å². The number of aromatic carboxylic acids is 1. The lowest BCUT2D eigenvalue weighted by molar-refractivity contribution is 0.0695. The number of carboxylic acids is 1. The van der Waals surface area contributed by atoms with E-state index in [1.807, 2.05) is 13.0 Å². The number of carboxylic acid groups (broad SMARTS) is 1. The van der Waals surface area contributed by atoms with Crippen LogP contribution in [0.15, 0.2) is 24.3 Å². The molecule has 2 N–H and O–H groups in total. The number of likely N-dealkylation sites (N-methyl/N-ethyl adjacent to an activating group) is 1. The van der Waals surface area contributed by atoms with Crippen molar-refractivity contribution in [2.75, 3.05) is 13.6 Å². The molecular formula is C15H20N2O3. The zero-order valence-electron chi connectivity index (χ0n) is 11.8. The van der Waals surface area contributed by atoms with Crippen molar-refractivity contribution in [1.82, 2.24) is 10.2 Å². The molecule has 0 bridgehead atoms. The SMILES string of the molecule is CN(CCc1ccccc1C(=O)O)C(=O)NC1(C)CC1. The molecule has 1 fully saturated rings. The van der Waals surface area contributed by atoms with Gasteiger partial charge < -0.3 is 15.3 Å². The van der Waals surface area contributed by atoms with Gasteiger partial charge in [0.2, 0.25) is 0 Å². The van der Waals surface area contributed by atoms with Crippen LogP contribution in [0, 0.1) is 0 Å². The number of rotatable bonds is 5. The summed E-state index contributed by atoms with van der Waals surface area (Å²) in [7, 11) is 1.73. The van der Waals surface area contributed by atoms with Crippen LogP contribution in [-0.2, 0) is 6.42 Å². The van der Waals surface area contributed by atoms with Crippen molar-refractivity contribution in [1.29, 1.82) is 0 Å². The molecule has 0 saturated heterocycles. The van der Waals surface area contributed by atoms with Gasteiger partial charge in [-0.15, -0.1) is 0 Å². The molecule has 108 valence electrons. The molecule has 2 amide bonds.